The van der Waals surface area contributed by atoms with Gasteiger partial charge in [-0.3, -0.25) is 4.79 Å². The lowest BCUT2D eigenvalue weighted by atomic mass is 10.1. The van der Waals surface area contributed by atoms with Gasteiger partial charge < -0.3 is 9.84 Å². The van der Waals surface area contributed by atoms with E-state index < -0.39 is 11.6 Å². The number of rotatable bonds is 4. The van der Waals surface area contributed by atoms with Crippen LogP contribution in [0.3, 0.4) is 0 Å². The van der Waals surface area contributed by atoms with Crippen LogP contribution >= 0.6 is 0 Å². The summed E-state index contributed by atoms with van der Waals surface area (Å²) in [6.07, 6.45) is 2.77. The Bertz CT molecular complexity index is 625. The third-order valence-electron chi connectivity index (χ3n) is 2.78. The van der Waals surface area contributed by atoms with Gasteiger partial charge in [0, 0.05) is 0 Å². The molecular weight excluding hydrogens is 259 g/mol. The lowest BCUT2D eigenvalue weighted by Gasteiger charge is -2.02. The second kappa shape index (κ2) is 6.02. The first-order valence-electron chi connectivity index (χ1n) is 5.96. The summed E-state index contributed by atoms with van der Waals surface area (Å²) in [5, 5.41) is 9.52. The predicted molar refractivity (Wildman–Crippen MR) is 74.4 cm³/mol. The molecule has 0 fully saturated rings. The normalized spacial score (nSPS) is 10.7. The van der Waals surface area contributed by atoms with Crippen LogP contribution in [0.2, 0.25) is 0 Å². The Morgan fingerprint density at radius 3 is 2.50 bits per heavy atom. The number of hydrogen-bond donors (Lipinski definition) is 1. The summed E-state index contributed by atoms with van der Waals surface area (Å²) in [6, 6.07) is 10.8. The van der Waals surface area contributed by atoms with Gasteiger partial charge >= 0.3 is 0 Å². The molecule has 2 aromatic rings. The SMILES string of the molecule is COc1ccc(/C=C/C(=O)c2c(O)cccc2F)cc1. The number of carbonyl (C=O) groups excluding carboxylic acids is 1. The van der Waals surface area contributed by atoms with Gasteiger partial charge in [-0.15, -0.1) is 0 Å². The molecule has 20 heavy (non-hydrogen) atoms. The van der Waals surface area contributed by atoms with Gasteiger partial charge in [-0.05, 0) is 35.9 Å². The lowest BCUT2D eigenvalue weighted by molar-refractivity contribution is 0.104. The van der Waals surface area contributed by atoms with Gasteiger partial charge in [0.25, 0.3) is 0 Å². The lowest BCUT2D eigenvalue weighted by Crippen LogP contribution is -1.99. The molecule has 0 aliphatic carbocycles. The largest absolute Gasteiger partial charge is 0.507 e. The minimum absolute atomic E-state index is 0.322. The molecule has 0 amide bonds. The molecule has 0 radical (unpaired) electrons. The Hall–Kier alpha value is -2.62. The minimum atomic E-state index is -0.741. The van der Waals surface area contributed by atoms with Crippen LogP contribution in [0.4, 0.5) is 4.39 Å². The zero-order valence-corrected chi connectivity index (χ0v) is 10.8. The van der Waals surface area contributed by atoms with Gasteiger partial charge in [0.05, 0.1) is 12.7 Å². The number of halogens is 1. The minimum Gasteiger partial charge on any atom is -0.507 e. The van der Waals surface area contributed by atoms with Gasteiger partial charge in [-0.1, -0.05) is 24.3 Å². The first-order valence-corrected chi connectivity index (χ1v) is 5.96. The van der Waals surface area contributed by atoms with Crippen molar-refractivity contribution in [3.63, 3.8) is 0 Å². The molecule has 0 saturated carbocycles. The van der Waals surface area contributed by atoms with Gasteiger partial charge in [0.2, 0.25) is 0 Å². The molecule has 0 aromatic heterocycles. The molecule has 0 aliphatic rings. The van der Waals surface area contributed by atoms with Crippen molar-refractivity contribution in [1.82, 2.24) is 0 Å². The average molecular weight is 272 g/mol. The molecule has 0 unspecified atom stereocenters. The van der Waals surface area contributed by atoms with Crippen LogP contribution < -0.4 is 4.74 Å². The first-order chi connectivity index (χ1) is 9.61. The van der Waals surface area contributed by atoms with Crippen LogP contribution in [-0.4, -0.2) is 18.0 Å². The Morgan fingerprint density at radius 2 is 1.90 bits per heavy atom. The van der Waals surface area contributed by atoms with Crippen molar-refractivity contribution in [2.24, 2.45) is 0 Å². The number of benzene rings is 2. The standard InChI is InChI=1S/C16H13FO3/c1-20-12-8-5-11(6-9-12)7-10-15(19)16-13(17)3-2-4-14(16)18/h2-10,18H,1H3/b10-7+. The number of phenolic OH excluding ortho intramolecular Hbond substituents is 1. The van der Waals surface area contributed by atoms with E-state index in [-0.39, 0.29) is 11.3 Å². The molecule has 0 aliphatic heterocycles. The molecule has 0 atom stereocenters. The Labute approximate surface area is 115 Å². The maximum Gasteiger partial charge on any atom is 0.192 e. The van der Waals surface area contributed by atoms with Gasteiger partial charge in [0.1, 0.15) is 17.3 Å². The van der Waals surface area contributed by atoms with Crippen molar-refractivity contribution in [2.45, 2.75) is 0 Å². The summed E-state index contributed by atoms with van der Waals surface area (Å²) in [6.45, 7) is 0. The van der Waals surface area contributed by atoms with Gasteiger partial charge in [-0.2, -0.15) is 0 Å². The monoisotopic (exact) mass is 272 g/mol. The van der Waals surface area contributed by atoms with E-state index in [0.717, 1.165) is 11.6 Å². The summed E-state index contributed by atoms with van der Waals surface area (Å²) >= 11 is 0. The van der Waals surface area contributed by atoms with E-state index in [9.17, 15) is 14.3 Å². The van der Waals surface area contributed by atoms with Crippen molar-refractivity contribution >= 4 is 11.9 Å². The fraction of sp³-hybridized carbons (Fsp3) is 0.0625. The average Bonchev–Trinajstić information content (AvgIpc) is 2.45. The molecule has 102 valence electrons. The zero-order chi connectivity index (χ0) is 14.5. The first kappa shape index (κ1) is 13.8. The molecule has 2 aromatic carbocycles. The molecule has 0 spiro atoms. The second-order valence-electron chi connectivity index (χ2n) is 4.10. The highest BCUT2D eigenvalue weighted by atomic mass is 19.1. The molecule has 0 saturated heterocycles. The molecule has 0 heterocycles. The number of carbonyl (C=O) groups is 1. The maximum absolute atomic E-state index is 13.5. The summed E-state index contributed by atoms with van der Waals surface area (Å²) in [5.41, 5.74) is 0.451. The van der Waals surface area contributed by atoms with Crippen LogP contribution in [-0.2, 0) is 0 Å². The highest BCUT2D eigenvalue weighted by molar-refractivity contribution is 6.08. The zero-order valence-electron chi connectivity index (χ0n) is 10.8. The highest BCUT2D eigenvalue weighted by Crippen LogP contribution is 2.21. The van der Waals surface area contributed by atoms with Crippen molar-refractivity contribution < 1.29 is 19.0 Å². The maximum atomic E-state index is 13.5. The number of methoxy groups -OCH3 is 1. The third kappa shape index (κ3) is 3.03. The van der Waals surface area contributed by atoms with Gasteiger partial charge in [0.15, 0.2) is 5.78 Å². The molecule has 1 N–H and O–H groups in total. The molecular formula is C16H13FO3. The number of ketones is 1. The van der Waals surface area contributed by atoms with E-state index in [2.05, 4.69) is 0 Å². The predicted octanol–water partition coefficient (Wildman–Crippen LogP) is 3.44. The molecule has 2 rings (SSSR count). The highest BCUT2D eigenvalue weighted by Gasteiger charge is 2.13. The Balaban J connectivity index is 2.20. The van der Waals surface area contributed by atoms with E-state index >= 15 is 0 Å². The van der Waals surface area contributed by atoms with E-state index in [0.29, 0.717) is 5.75 Å². The van der Waals surface area contributed by atoms with E-state index in [1.165, 1.54) is 18.2 Å². The van der Waals surface area contributed by atoms with Crippen LogP contribution in [0.25, 0.3) is 6.08 Å². The van der Waals surface area contributed by atoms with E-state index in [4.69, 9.17) is 4.74 Å². The molecule has 3 nitrogen and oxygen atoms in total. The summed E-state index contributed by atoms with van der Waals surface area (Å²) in [5.74, 6) is -0.986. The molecule has 0 bridgehead atoms. The third-order valence-corrected chi connectivity index (χ3v) is 2.78. The van der Waals surface area contributed by atoms with Crippen molar-refractivity contribution in [3.05, 3.63) is 65.5 Å². The van der Waals surface area contributed by atoms with Crippen molar-refractivity contribution in [3.8, 4) is 11.5 Å². The second-order valence-corrected chi connectivity index (χ2v) is 4.10. The van der Waals surface area contributed by atoms with Crippen molar-refractivity contribution in [2.75, 3.05) is 7.11 Å². The van der Waals surface area contributed by atoms with Crippen LogP contribution in [0.5, 0.6) is 11.5 Å². The Kier molecular flexibility index (Phi) is 4.15. The number of ether oxygens (including phenoxy) is 1. The summed E-state index contributed by atoms with van der Waals surface area (Å²) in [7, 11) is 1.56. The van der Waals surface area contributed by atoms with E-state index in [1.807, 2.05) is 0 Å². The van der Waals surface area contributed by atoms with Crippen LogP contribution in [0.15, 0.2) is 48.5 Å². The van der Waals surface area contributed by atoms with Crippen molar-refractivity contribution in [1.29, 1.82) is 0 Å². The smallest absolute Gasteiger partial charge is 0.192 e. The number of phenols is 1. The van der Waals surface area contributed by atoms with Crippen LogP contribution in [0.1, 0.15) is 15.9 Å². The number of allylic oxidation sites excluding steroid dienone is 1. The van der Waals surface area contributed by atoms with E-state index in [1.54, 1.807) is 37.5 Å². The summed E-state index contributed by atoms with van der Waals surface area (Å²) in [4.78, 5) is 11.9. The quantitative estimate of drug-likeness (QED) is 0.685. The fourth-order valence-electron chi connectivity index (χ4n) is 1.73. The van der Waals surface area contributed by atoms with Gasteiger partial charge in [-0.25, -0.2) is 4.39 Å². The molecule has 4 heteroatoms. The topological polar surface area (TPSA) is 46.5 Å². The van der Waals surface area contributed by atoms with Crippen LogP contribution in [0, 0.1) is 5.82 Å². The Morgan fingerprint density at radius 1 is 1.20 bits per heavy atom. The fourth-order valence-corrected chi connectivity index (χ4v) is 1.73. The number of hydrogen-bond acceptors (Lipinski definition) is 3. The number of aromatic hydroxyl groups is 1. The summed E-state index contributed by atoms with van der Waals surface area (Å²) < 4.78 is 18.5.